The standard InChI is InChI=1S/C11H18N2/c1-2-13-11(8-9-12)10-6-4-3-5-7-10/h4,6,8-10H,2-3,5,7,12H2,1H3. The van der Waals surface area contributed by atoms with Gasteiger partial charge in [0.05, 0.1) is 0 Å². The Labute approximate surface area is 80.2 Å². The Bertz CT molecular complexity index is 226. The molecule has 13 heavy (non-hydrogen) atoms. The van der Waals surface area contributed by atoms with Crippen LogP contribution in [0.1, 0.15) is 26.2 Å². The zero-order chi connectivity index (χ0) is 9.52. The number of hydrogen-bond acceptors (Lipinski definition) is 2. The molecule has 0 aromatic rings. The fourth-order valence-corrected chi connectivity index (χ4v) is 1.63. The van der Waals surface area contributed by atoms with E-state index < -0.39 is 0 Å². The fourth-order valence-electron chi connectivity index (χ4n) is 1.63. The van der Waals surface area contributed by atoms with Crippen LogP contribution in [0.4, 0.5) is 0 Å². The van der Waals surface area contributed by atoms with Crippen LogP contribution in [0.15, 0.2) is 29.4 Å². The normalized spacial score (nSPS) is 24.1. The van der Waals surface area contributed by atoms with E-state index in [-0.39, 0.29) is 0 Å². The predicted molar refractivity (Wildman–Crippen MR) is 57.8 cm³/mol. The summed E-state index contributed by atoms with van der Waals surface area (Å²) in [6.45, 7) is 2.89. The molecule has 72 valence electrons. The highest BCUT2D eigenvalue weighted by atomic mass is 14.7. The Morgan fingerprint density at radius 1 is 1.69 bits per heavy atom. The third kappa shape index (κ3) is 3.05. The first-order valence-electron chi connectivity index (χ1n) is 4.97. The molecule has 0 amide bonds. The summed E-state index contributed by atoms with van der Waals surface area (Å²) < 4.78 is 0. The van der Waals surface area contributed by atoms with Gasteiger partial charge in [-0.25, -0.2) is 0 Å². The molecule has 0 saturated heterocycles. The summed E-state index contributed by atoms with van der Waals surface area (Å²) >= 11 is 0. The van der Waals surface area contributed by atoms with Crippen molar-refractivity contribution in [3.05, 3.63) is 24.4 Å². The van der Waals surface area contributed by atoms with Gasteiger partial charge >= 0.3 is 0 Å². The maximum Gasteiger partial charge on any atom is 0.0431 e. The van der Waals surface area contributed by atoms with Crippen LogP contribution >= 0.6 is 0 Å². The molecule has 0 aromatic carbocycles. The molecule has 2 heteroatoms. The number of rotatable bonds is 3. The maximum absolute atomic E-state index is 5.38. The lowest BCUT2D eigenvalue weighted by Gasteiger charge is -2.16. The van der Waals surface area contributed by atoms with E-state index in [1.807, 2.05) is 6.08 Å². The lowest BCUT2D eigenvalue weighted by molar-refractivity contribution is 0.655. The number of nitrogens with zero attached hydrogens (tertiary/aromatic N) is 1. The Hall–Kier alpha value is -1.05. The zero-order valence-corrected chi connectivity index (χ0v) is 8.24. The number of aliphatic imine (C=N–C) groups is 1. The molecule has 1 atom stereocenters. The van der Waals surface area contributed by atoms with E-state index in [4.69, 9.17) is 5.73 Å². The molecular weight excluding hydrogens is 160 g/mol. The van der Waals surface area contributed by atoms with Gasteiger partial charge in [0.2, 0.25) is 0 Å². The molecule has 1 rings (SSSR count). The maximum atomic E-state index is 5.38. The van der Waals surface area contributed by atoms with Gasteiger partial charge in [0.25, 0.3) is 0 Å². The van der Waals surface area contributed by atoms with Crippen molar-refractivity contribution in [3.63, 3.8) is 0 Å². The zero-order valence-electron chi connectivity index (χ0n) is 8.24. The Balaban J connectivity index is 2.68. The van der Waals surface area contributed by atoms with Gasteiger partial charge in [-0.15, -0.1) is 0 Å². The SMILES string of the molecule is CCN=C(C=CN)C1C=CCCC1. The molecule has 1 aliphatic carbocycles. The number of allylic oxidation sites excluding steroid dienone is 3. The third-order valence-corrected chi connectivity index (χ3v) is 2.24. The summed E-state index contributed by atoms with van der Waals surface area (Å²) in [7, 11) is 0. The minimum absolute atomic E-state index is 0.494. The minimum Gasteiger partial charge on any atom is -0.405 e. The second-order valence-corrected chi connectivity index (χ2v) is 3.22. The smallest absolute Gasteiger partial charge is 0.0431 e. The van der Waals surface area contributed by atoms with Gasteiger partial charge in [0, 0.05) is 18.2 Å². The Morgan fingerprint density at radius 2 is 2.54 bits per heavy atom. The van der Waals surface area contributed by atoms with Gasteiger partial charge in [-0.05, 0) is 38.5 Å². The molecule has 0 heterocycles. The number of nitrogens with two attached hydrogens (primary N) is 1. The van der Waals surface area contributed by atoms with E-state index in [1.54, 1.807) is 6.20 Å². The van der Waals surface area contributed by atoms with Crippen molar-refractivity contribution in [2.24, 2.45) is 16.6 Å². The highest BCUT2D eigenvalue weighted by Crippen LogP contribution is 2.19. The van der Waals surface area contributed by atoms with Crippen molar-refractivity contribution in [1.29, 1.82) is 0 Å². The topological polar surface area (TPSA) is 38.4 Å². The van der Waals surface area contributed by atoms with Gasteiger partial charge in [0.1, 0.15) is 0 Å². The average Bonchev–Trinajstić information content (AvgIpc) is 2.19. The lowest BCUT2D eigenvalue weighted by atomic mass is 9.91. The van der Waals surface area contributed by atoms with Crippen LogP contribution in [0.25, 0.3) is 0 Å². The van der Waals surface area contributed by atoms with Gasteiger partial charge < -0.3 is 5.73 Å². The van der Waals surface area contributed by atoms with Crippen LogP contribution in [0.3, 0.4) is 0 Å². The first-order valence-corrected chi connectivity index (χ1v) is 4.97. The number of hydrogen-bond donors (Lipinski definition) is 1. The van der Waals surface area contributed by atoms with Crippen molar-refractivity contribution in [3.8, 4) is 0 Å². The molecule has 1 unspecified atom stereocenters. The van der Waals surface area contributed by atoms with Crippen molar-refractivity contribution < 1.29 is 0 Å². The van der Waals surface area contributed by atoms with E-state index >= 15 is 0 Å². The van der Waals surface area contributed by atoms with E-state index in [2.05, 4.69) is 24.1 Å². The largest absolute Gasteiger partial charge is 0.405 e. The van der Waals surface area contributed by atoms with Crippen LogP contribution in [0.2, 0.25) is 0 Å². The second-order valence-electron chi connectivity index (χ2n) is 3.22. The van der Waals surface area contributed by atoms with Crippen LogP contribution < -0.4 is 5.73 Å². The average molecular weight is 178 g/mol. The Kier molecular flexibility index (Phi) is 4.30. The quantitative estimate of drug-likeness (QED) is 0.522. The lowest BCUT2D eigenvalue weighted by Crippen LogP contribution is -2.13. The molecule has 0 radical (unpaired) electrons. The van der Waals surface area contributed by atoms with Crippen LogP contribution in [-0.2, 0) is 0 Å². The summed E-state index contributed by atoms with van der Waals surface area (Å²) in [6, 6.07) is 0. The van der Waals surface area contributed by atoms with Crippen LogP contribution in [-0.4, -0.2) is 12.3 Å². The molecule has 0 saturated carbocycles. The molecule has 0 aliphatic heterocycles. The van der Waals surface area contributed by atoms with Crippen LogP contribution in [0, 0.1) is 5.92 Å². The summed E-state index contributed by atoms with van der Waals surface area (Å²) in [5.41, 5.74) is 6.51. The highest BCUT2D eigenvalue weighted by molar-refractivity contribution is 5.98. The summed E-state index contributed by atoms with van der Waals surface area (Å²) in [5, 5.41) is 0. The monoisotopic (exact) mass is 178 g/mol. The van der Waals surface area contributed by atoms with E-state index in [0.29, 0.717) is 5.92 Å². The molecule has 2 N–H and O–H groups in total. The summed E-state index contributed by atoms with van der Waals surface area (Å²) in [5.74, 6) is 0.494. The van der Waals surface area contributed by atoms with E-state index in [9.17, 15) is 0 Å². The summed E-state index contributed by atoms with van der Waals surface area (Å²) in [6.07, 6.45) is 11.7. The highest BCUT2D eigenvalue weighted by Gasteiger charge is 2.12. The van der Waals surface area contributed by atoms with Crippen molar-refractivity contribution >= 4 is 5.71 Å². The third-order valence-electron chi connectivity index (χ3n) is 2.24. The summed E-state index contributed by atoms with van der Waals surface area (Å²) in [4.78, 5) is 4.44. The van der Waals surface area contributed by atoms with Gasteiger partial charge in [-0.1, -0.05) is 12.2 Å². The van der Waals surface area contributed by atoms with Crippen molar-refractivity contribution in [1.82, 2.24) is 0 Å². The molecule has 0 spiro atoms. The molecule has 0 bridgehead atoms. The van der Waals surface area contributed by atoms with Gasteiger partial charge in [0.15, 0.2) is 0 Å². The van der Waals surface area contributed by atoms with Gasteiger partial charge in [-0.2, -0.15) is 0 Å². The molecule has 0 aromatic heterocycles. The minimum atomic E-state index is 0.494. The molecule has 1 aliphatic rings. The molecular formula is C11H18N2. The molecule has 0 fully saturated rings. The second kappa shape index (κ2) is 5.57. The predicted octanol–water partition coefficient (Wildman–Crippen LogP) is 2.28. The van der Waals surface area contributed by atoms with E-state index in [0.717, 1.165) is 12.3 Å². The Morgan fingerprint density at radius 3 is 3.08 bits per heavy atom. The van der Waals surface area contributed by atoms with Crippen molar-refractivity contribution in [2.75, 3.05) is 6.54 Å². The molecule has 2 nitrogen and oxygen atoms in total. The van der Waals surface area contributed by atoms with Crippen LogP contribution in [0.5, 0.6) is 0 Å². The van der Waals surface area contributed by atoms with E-state index in [1.165, 1.54) is 19.3 Å². The van der Waals surface area contributed by atoms with Crippen molar-refractivity contribution in [2.45, 2.75) is 26.2 Å². The first kappa shape index (κ1) is 10.0. The fraction of sp³-hybridized carbons (Fsp3) is 0.545. The first-order chi connectivity index (χ1) is 6.38. The van der Waals surface area contributed by atoms with Gasteiger partial charge in [-0.3, -0.25) is 4.99 Å².